The Morgan fingerprint density at radius 3 is 2.76 bits per heavy atom. The molecule has 0 amide bonds. The molecule has 1 fully saturated rings. The summed E-state index contributed by atoms with van der Waals surface area (Å²) in [5, 5.41) is 7.43. The van der Waals surface area contributed by atoms with Crippen LogP contribution in [0.4, 0.5) is 0 Å². The average molecular weight is 240 g/mol. The van der Waals surface area contributed by atoms with E-state index in [-0.39, 0.29) is 0 Å². The molecule has 2 N–H and O–H groups in total. The fourth-order valence-electron chi connectivity index (χ4n) is 2.88. The molecule has 1 rings (SSSR count). The zero-order chi connectivity index (χ0) is 12.5. The number of nitrogens with one attached hydrogen (secondary N) is 2. The summed E-state index contributed by atoms with van der Waals surface area (Å²) in [5.74, 6) is 0. The van der Waals surface area contributed by atoms with Gasteiger partial charge in [-0.05, 0) is 46.1 Å². The van der Waals surface area contributed by atoms with Gasteiger partial charge in [0.05, 0.1) is 0 Å². The largest absolute Gasteiger partial charge is 0.314 e. The second-order valence-corrected chi connectivity index (χ2v) is 5.85. The molecule has 0 aliphatic carbocycles. The topological polar surface area (TPSA) is 24.1 Å². The van der Waals surface area contributed by atoms with Gasteiger partial charge in [0.15, 0.2) is 0 Å². The molecule has 1 aliphatic heterocycles. The van der Waals surface area contributed by atoms with Crippen molar-refractivity contribution in [3.63, 3.8) is 0 Å². The van der Waals surface area contributed by atoms with Crippen LogP contribution in [0.5, 0.6) is 0 Å². The normalized spacial score (nSPS) is 25.2. The zero-order valence-corrected chi connectivity index (χ0v) is 12.1. The van der Waals surface area contributed by atoms with E-state index in [2.05, 4.69) is 31.4 Å². The van der Waals surface area contributed by atoms with Gasteiger partial charge in [0.1, 0.15) is 0 Å². The van der Waals surface area contributed by atoms with Gasteiger partial charge in [-0.3, -0.25) is 0 Å². The molecule has 0 radical (unpaired) electrons. The molecule has 0 bridgehead atoms. The third-order valence-electron chi connectivity index (χ3n) is 3.86. The van der Waals surface area contributed by atoms with E-state index in [9.17, 15) is 0 Å². The lowest BCUT2D eigenvalue weighted by Crippen LogP contribution is -2.40. The highest BCUT2D eigenvalue weighted by atomic mass is 15.0. The third kappa shape index (κ3) is 7.05. The van der Waals surface area contributed by atoms with E-state index in [0.29, 0.717) is 12.1 Å². The molecule has 1 saturated heterocycles. The van der Waals surface area contributed by atoms with E-state index in [0.717, 1.165) is 6.04 Å². The SMILES string of the molecule is CCCCC(C)NC(C)CC1CCCCCN1. The van der Waals surface area contributed by atoms with Gasteiger partial charge in [-0.15, -0.1) is 0 Å². The molecule has 0 aromatic rings. The van der Waals surface area contributed by atoms with Crippen molar-refractivity contribution in [3.05, 3.63) is 0 Å². The Morgan fingerprint density at radius 2 is 2.00 bits per heavy atom. The summed E-state index contributed by atoms with van der Waals surface area (Å²) in [4.78, 5) is 0. The van der Waals surface area contributed by atoms with Gasteiger partial charge >= 0.3 is 0 Å². The number of hydrogen-bond acceptors (Lipinski definition) is 2. The van der Waals surface area contributed by atoms with Gasteiger partial charge in [-0.2, -0.15) is 0 Å². The van der Waals surface area contributed by atoms with Crippen LogP contribution in [0.2, 0.25) is 0 Å². The van der Waals surface area contributed by atoms with Crippen LogP contribution in [0, 0.1) is 0 Å². The van der Waals surface area contributed by atoms with Gasteiger partial charge in [-0.25, -0.2) is 0 Å². The zero-order valence-electron chi connectivity index (χ0n) is 12.1. The maximum absolute atomic E-state index is 3.74. The first-order valence-corrected chi connectivity index (χ1v) is 7.71. The highest BCUT2D eigenvalue weighted by Crippen LogP contribution is 2.13. The van der Waals surface area contributed by atoms with Gasteiger partial charge in [0.25, 0.3) is 0 Å². The molecule has 0 spiro atoms. The summed E-state index contributed by atoms with van der Waals surface area (Å²) in [5.41, 5.74) is 0. The first-order chi connectivity index (χ1) is 8.22. The summed E-state index contributed by atoms with van der Waals surface area (Å²) < 4.78 is 0. The molecular weight excluding hydrogens is 208 g/mol. The Kier molecular flexibility index (Phi) is 7.87. The summed E-state index contributed by atoms with van der Waals surface area (Å²) >= 11 is 0. The van der Waals surface area contributed by atoms with Crippen molar-refractivity contribution in [3.8, 4) is 0 Å². The van der Waals surface area contributed by atoms with Crippen molar-refractivity contribution in [2.45, 2.75) is 90.3 Å². The summed E-state index contributed by atoms with van der Waals surface area (Å²) in [6.45, 7) is 8.16. The minimum atomic E-state index is 0.650. The van der Waals surface area contributed by atoms with Crippen LogP contribution >= 0.6 is 0 Å². The molecule has 0 saturated carbocycles. The quantitative estimate of drug-likeness (QED) is 0.712. The van der Waals surface area contributed by atoms with Gasteiger partial charge in [0, 0.05) is 18.1 Å². The predicted octanol–water partition coefficient (Wildman–Crippen LogP) is 3.47. The molecule has 1 heterocycles. The Hall–Kier alpha value is -0.0800. The molecule has 17 heavy (non-hydrogen) atoms. The monoisotopic (exact) mass is 240 g/mol. The van der Waals surface area contributed by atoms with E-state index >= 15 is 0 Å². The highest BCUT2D eigenvalue weighted by Gasteiger charge is 2.15. The minimum Gasteiger partial charge on any atom is -0.314 e. The van der Waals surface area contributed by atoms with Gasteiger partial charge in [0.2, 0.25) is 0 Å². The second-order valence-electron chi connectivity index (χ2n) is 5.85. The minimum absolute atomic E-state index is 0.650. The Bertz CT molecular complexity index is 174. The molecular formula is C15H32N2. The van der Waals surface area contributed by atoms with Gasteiger partial charge in [-0.1, -0.05) is 32.6 Å². The van der Waals surface area contributed by atoms with Crippen LogP contribution in [0.15, 0.2) is 0 Å². The first kappa shape index (κ1) is 15.0. The standard InChI is InChI=1S/C15H32N2/c1-4-5-9-13(2)17-14(3)12-15-10-7-6-8-11-16-15/h13-17H,4-12H2,1-3H3. The molecule has 2 heteroatoms. The Labute approximate surface area is 108 Å². The number of rotatable bonds is 7. The van der Waals surface area contributed by atoms with Crippen LogP contribution in [0.1, 0.15) is 72.1 Å². The molecule has 102 valence electrons. The van der Waals surface area contributed by atoms with Crippen LogP contribution in [-0.4, -0.2) is 24.7 Å². The van der Waals surface area contributed by atoms with E-state index in [4.69, 9.17) is 0 Å². The fraction of sp³-hybridized carbons (Fsp3) is 1.00. The third-order valence-corrected chi connectivity index (χ3v) is 3.86. The van der Waals surface area contributed by atoms with Crippen molar-refractivity contribution in [1.29, 1.82) is 0 Å². The number of unbranched alkanes of at least 4 members (excludes halogenated alkanes) is 1. The maximum atomic E-state index is 3.74. The lowest BCUT2D eigenvalue weighted by Gasteiger charge is -2.24. The second kappa shape index (κ2) is 8.93. The molecule has 0 aromatic heterocycles. The average Bonchev–Trinajstić information content (AvgIpc) is 2.54. The highest BCUT2D eigenvalue weighted by molar-refractivity contribution is 4.77. The van der Waals surface area contributed by atoms with Crippen molar-refractivity contribution < 1.29 is 0 Å². The van der Waals surface area contributed by atoms with Crippen LogP contribution in [0.25, 0.3) is 0 Å². The molecule has 0 aromatic carbocycles. The molecule has 1 aliphatic rings. The van der Waals surface area contributed by atoms with Crippen LogP contribution in [-0.2, 0) is 0 Å². The molecule has 3 unspecified atom stereocenters. The smallest absolute Gasteiger partial charge is 0.00817 e. The van der Waals surface area contributed by atoms with Crippen LogP contribution < -0.4 is 10.6 Å². The summed E-state index contributed by atoms with van der Waals surface area (Å²) in [6, 6.07) is 2.08. The molecule has 2 nitrogen and oxygen atoms in total. The summed E-state index contributed by atoms with van der Waals surface area (Å²) in [7, 11) is 0. The van der Waals surface area contributed by atoms with Crippen molar-refractivity contribution >= 4 is 0 Å². The van der Waals surface area contributed by atoms with E-state index in [1.54, 1.807) is 0 Å². The van der Waals surface area contributed by atoms with Crippen molar-refractivity contribution in [2.24, 2.45) is 0 Å². The van der Waals surface area contributed by atoms with Crippen molar-refractivity contribution in [1.82, 2.24) is 10.6 Å². The van der Waals surface area contributed by atoms with Crippen LogP contribution in [0.3, 0.4) is 0 Å². The van der Waals surface area contributed by atoms with E-state index in [1.165, 1.54) is 57.9 Å². The summed E-state index contributed by atoms with van der Waals surface area (Å²) in [6.07, 6.45) is 10.8. The van der Waals surface area contributed by atoms with E-state index < -0.39 is 0 Å². The first-order valence-electron chi connectivity index (χ1n) is 7.71. The maximum Gasteiger partial charge on any atom is 0.00817 e. The Morgan fingerprint density at radius 1 is 1.18 bits per heavy atom. The Balaban J connectivity index is 2.15. The predicted molar refractivity (Wildman–Crippen MR) is 76.5 cm³/mol. The van der Waals surface area contributed by atoms with E-state index in [1.807, 2.05) is 0 Å². The fourth-order valence-corrected chi connectivity index (χ4v) is 2.88. The lowest BCUT2D eigenvalue weighted by atomic mass is 10.0. The van der Waals surface area contributed by atoms with Crippen molar-refractivity contribution in [2.75, 3.05) is 6.54 Å². The number of hydrogen-bond donors (Lipinski definition) is 2. The van der Waals surface area contributed by atoms with Gasteiger partial charge < -0.3 is 10.6 Å². The lowest BCUT2D eigenvalue weighted by molar-refractivity contribution is 0.366. The molecule has 3 atom stereocenters.